The summed E-state index contributed by atoms with van der Waals surface area (Å²) < 4.78 is 18.8. The number of aryl methyl sites for hydroxylation is 1. The molecule has 8 nitrogen and oxygen atoms in total. The molecule has 0 atom stereocenters. The molecule has 9 heteroatoms. The summed E-state index contributed by atoms with van der Waals surface area (Å²) >= 11 is 0. The van der Waals surface area contributed by atoms with Crippen LogP contribution in [0.5, 0.6) is 0 Å². The lowest BCUT2D eigenvalue weighted by Crippen LogP contribution is -2.54. The van der Waals surface area contributed by atoms with Crippen LogP contribution in [0.25, 0.3) is 0 Å². The van der Waals surface area contributed by atoms with E-state index in [-0.39, 0.29) is 11.5 Å². The number of benzene rings is 1. The number of carbonyl (C=O) groups excluding carboxylic acids is 2. The SMILES string of the molecule is CN=C(NCCNC(=O)c1ccc(C)c(F)c1)NCC(C)(C)NC(=O)OC(C)(C)C. The molecule has 0 aliphatic carbocycles. The van der Waals surface area contributed by atoms with Crippen LogP contribution in [0.2, 0.25) is 0 Å². The third-order valence-corrected chi connectivity index (χ3v) is 3.90. The highest BCUT2D eigenvalue weighted by Gasteiger charge is 2.24. The summed E-state index contributed by atoms with van der Waals surface area (Å²) in [5, 5.41) is 11.7. The summed E-state index contributed by atoms with van der Waals surface area (Å²) in [6.45, 7) is 11.9. The van der Waals surface area contributed by atoms with Gasteiger partial charge in [-0.25, -0.2) is 9.18 Å². The van der Waals surface area contributed by atoms with Gasteiger partial charge < -0.3 is 26.0 Å². The standard InChI is InChI=1S/C21H34FN5O3/c1-14-8-9-15(12-16(14)22)17(28)24-10-11-25-18(23-7)26-13-21(5,6)27-19(29)30-20(2,3)4/h8-9,12H,10-11,13H2,1-7H3,(H,24,28)(H,27,29)(H2,23,25,26). The zero-order chi connectivity index (χ0) is 22.9. The van der Waals surface area contributed by atoms with E-state index in [2.05, 4.69) is 26.3 Å². The highest BCUT2D eigenvalue weighted by molar-refractivity contribution is 5.94. The zero-order valence-electron chi connectivity index (χ0n) is 18.9. The lowest BCUT2D eigenvalue weighted by atomic mass is 10.1. The van der Waals surface area contributed by atoms with E-state index in [4.69, 9.17) is 4.74 Å². The van der Waals surface area contributed by atoms with Gasteiger partial charge in [0, 0.05) is 32.2 Å². The van der Waals surface area contributed by atoms with Crippen molar-refractivity contribution >= 4 is 18.0 Å². The summed E-state index contributed by atoms with van der Waals surface area (Å²) in [6.07, 6.45) is -0.493. The number of nitrogens with zero attached hydrogens (tertiary/aromatic N) is 1. The lowest BCUT2D eigenvalue weighted by Gasteiger charge is -2.29. The predicted molar refractivity (Wildman–Crippen MR) is 116 cm³/mol. The molecule has 2 amide bonds. The van der Waals surface area contributed by atoms with Crippen molar-refractivity contribution in [1.82, 2.24) is 21.3 Å². The van der Waals surface area contributed by atoms with E-state index in [9.17, 15) is 14.0 Å². The Morgan fingerprint density at radius 2 is 1.70 bits per heavy atom. The van der Waals surface area contributed by atoms with Crippen LogP contribution in [0.1, 0.15) is 50.5 Å². The number of halogens is 1. The minimum Gasteiger partial charge on any atom is -0.444 e. The van der Waals surface area contributed by atoms with Gasteiger partial charge in [0.05, 0.1) is 5.54 Å². The number of aliphatic imine (C=N–C) groups is 1. The molecule has 0 radical (unpaired) electrons. The van der Waals surface area contributed by atoms with Gasteiger partial charge in [-0.15, -0.1) is 0 Å². The van der Waals surface area contributed by atoms with E-state index in [0.717, 1.165) is 0 Å². The Balaban J connectivity index is 2.39. The third-order valence-electron chi connectivity index (χ3n) is 3.90. The fourth-order valence-corrected chi connectivity index (χ4v) is 2.34. The van der Waals surface area contributed by atoms with Crippen molar-refractivity contribution in [2.45, 2.75) is 52.7 Å². The number of alkyl carbamates (subject to hydrolysis) is 1. The quantitative estimate of drug-likeness (QED) is 0.306. The Kier molecular flexibility index (Phi) is 9.07. The third kappa shape index (κ3) is 9.58. The Morgan fingerprint density at radius 1 is 1.07 bits per heavy atom. The topological polar surface area (TPSA) is 104 Å². The molecule has 0 saturated carbocycles. The molecule has 0 bridgehead atoms. The predicted octanol–water partition coefficient (Wildman–Crippen LogP) is 2.33. The maximum atomic E-state index is 13.6. The van der Waals surface area contributed by atoms with Gasteiger partial charge >= 0.3 is 6.09 Å². The number of carbonyl (C=O) groups is 2. The minimum absolute atomic E-state index is 0.274. The molecular weight excluding hydrogens is 389 g/mol. The van der Waals surface area contributed by atoms with Gasteiger partial charge in [-0.1, -0.05) is 6.07 Å². The van der Waals surface area contributed by atoms with E-state index < -0.39 is 23.1 Å². The first-order chi connectivity index (χ1) is 13.8. The van der Waals surface area contributed by atoms with Crippen molar-refractivity contribution < 1.29 is 18.7 Å². The molecule has 0 fully saturated rings. The average Bonchev–Trinajstić information content (AvgIpc) is 2.61. The van der Waals surface area contributed by atoms with Gasteiger partial charge in [-0.3, -0.25) is 9.79 Å². The van der Waals surface area contributed by atoms with Crippen molar-refractivity contribution in [3.05, 3.63) is 35.1 Å². The Bertz CT molecular complexity index is 772. The molecule has 0 unspecified atom stereocenters. The van der Waals surface area contributed by atoms with Gasteiger partial charge in [-0.05, 0) is 59.2 Å². The van der Waals surface area contributed by atoms with Crippen LogP contribution in [-0.2, 0) is 4.74 Å². The van der Waals surface area contributed by atoms with Crippen LogP contribution in [0.3, 0.4) is 0 Å². The molecule has 168 valence electrons. The smallest absolute Gasteiger partial charge is 0.408 e. The first-order valence-corrected chi connectivity index (χ1v) is 9.83. The first kappa shape index (κ1) is 25.2. The number of rotatable bonds is 7. The molecule has 0 aliphatic rings. The van der Waals surface area contributed by atoms with E-state index >= 15 is 0 Å². The van der Waals surface area contributed by atoms with Crippen molar-refractivity contribution in [2.24, 2.45) is 4.99 Å². The minimum atomic E-state index is -0.580. The van der Waals surface area contributed by atoms with Gasteiger partial charge in [0.15, 0.2) is 5.96 Å². The molecular formula is C21H34FN5O3. The molecule has 30 heavy (non-hydrogen) atoms. The average molecular weight is 424 g/mol. The first-order valence-electron chi connectivity index (χ1n) is 9.83. The maximum absolute atomic E-state index is 13.6. The number of amides is 2. The van der Waals surface area contributed by atoms with Gasteiger partial charge in [-0.2, -0.15) is 0 Å². The number of hydrogen-bond acceptors (Lipinski definition) is 4. The summed E-state index contributed by atoms with van der Waals surface area (Å²) in [4.78, 5) is 28.1. The molecule has 0 spiro atoms. The van der Waals surface area contributed by atoms with E-state index in [0.29, 0.717) is 31.2 Å². The molecule has 0 heterocycles. The van der Waals surface area contributed by atoms with Crippen LogP contribution >= 0.6 is 0 Å². The summed E-state index contributed by atoms with van der Waals surface area (Å²) in [7, 11) is 1.62. The second kappa shape index (κ2) is 10.8. The molecule has 0 saturated heterocycles. The van der Waals surface area contributed by atoms with E-state index in [1.54, 1.807) is 46.9 Å². The largest absolute Gasteiger partial charge is 0.444 e. The van der Waals surface area contributed by atoms with E-state index in [1.807, 2.05) is 13.8 Å². The fraction of sp³-hybridized carbons (Fsp3) is 0.571. The molecule has 0 aliphatic heterocycles. The Hall–Kier alpha value is -2.84. The van der Waals surface area contributed by atoms with Crippen molar-refractivity contribution in [1.29, 1.82) is 0 Å². The number of hydrogen-bond donors (Lipinski definition) is 4. The van der Waals surface area contributed by atoms with Gasteiger partial charge in [0.1, 0.15) is 11.4 Å². The molecule has 1 aromatic carbocycles. The van der Waals surface area contributed by atoms with E-state index in [1.165, 1.54) is 6.07 Å². The maximum Gasteiger partial charge on any atom is 0.408 e. The normalized spacial score (nSPS) is 12.2. The molecule has 4 N–H and O–H groups in total. The number of ether oxygens (including phenoxy) is 1. The Labute approximate surface area is 178 Å². The highest BCUT2D eigenvalue weighted by atomic mass is 19.1. The van der Waals surface area contributed by atoms with Crippen LogP contribution in [-0.4, -0.2) is 55.8 Å². The van der Waals surface area contributed by atoms with Crippen molar-refractivity contribution in [3.8, 4) is 0 Å². The fourth-order valence-electron chi connectivity index (χ4n) is 2.34. The summed E-state index contributed by atoms with van der Waals surface area (Å²) in [5.41, 5.74) is -0.383. The van der Waals surface area contributed by atoms with Crippen molar-refractivity contribution in [2.75, 3.05) is 26.7 Å². The number of nitrogens with one attached hydrogen (secondary N) is 4. The number of guanidine groups is 1. The second-order valence-electron chi connectivity index (χ2n) is 8.58. The summed E-state index contributed by atoms with van der Waals surface area (Å²) in [5.74, 6) is -0.237. The van der Waals surface area contributed by atoms with Gasteiger partial charge in [0.2, 0.25) is 0 Å². The Morgan fingerprint density at radius 3 is 2.27 bits per heavy atom. The molecule has 0 aromatic heterocycles. The monoisotopic (exact) mass is 423 g/mol. The van der Waals surface area contributed by atoms with Gasteiger partial charge in [0.25, 0.3) is 5.91 Å². The highest BCUT2D eigenvalue weighted by Crippen LogP contribution is 2.10. The van der Waals surface area contributed by atoms with Crippen LogP contribution in [0.4, 0.5) is 9.18 Å². The summed E-state index contributed by atoms with van der Waals surface area (Å²) in [6, 6.07) is 4.38. The molecule has 1 rings (SSSR count). The lowest BCUT2D eigenvalue weighted by molar-refractivity contribution is 0.0473. The second-order valence-corrected chi connectivity index (χ2v) is 8.58. The van der Waals surface area contributed by atoms with Crippen LogP contribution in [0, 0.1) is 12.7 Å². The van der Waals surface area contributed by atoms with Crippen LogP contribution in [0.15, 0.2) is 23.2 Å². The van der Waals surface area contributed by atoms with Crippen molar-refractivity contribution in [3.63, 3.8) is 0 Å². The van der Waals surface area contributed by atoms with Crippen LogP contribution < -0.4 is 21.3 Å². The zero-order valence-corrected chi connectivity index (χ0v) is 18.9. The molecule has 1 aromatic rings.